The van der Waals surface area contributed by atoms with E-state index < -0.39 is 0 Å². The largest absolute Gasteiger partial charge is 0.341 e. The first-order chi connectivity index (χ1) is 10.8. The van der Waals surface area contributed by atoms with Crippen molar-refractivity contribution in [2.75, 3.05) is 18.0 Å². The Balaban J connectivity index is 1.97. The molecule has 1 saturated heterocycles. The van der Waals surface area contributed by atoms with Crippen LogP contribution in [0.2, 0.25) is 0 Å². The molecule has 0 aliphatic carbocycles. The number of hydrogen-bond donors (Lipinski definition) is 0. The Hall–Kier alpha value is -2.41. The molecule has 2 heterocycles. The molecule has 0 saturated carbocycles. The summed E-state index contributed by atoms with van der Waals surface area (Å²) in [4.78, 5) is 11.3. The Morgan fingerprint density at radius 2 is 1.82 bits per heavy atom. The molecule has 1 aromatic heterocycles. The summed E-state index contributed by atoms with van der Waals surface area (Å²) >= 11 is 0. The smallest absolute Gasteiger partial charge is 0.227 e. The van der Waals surface area contributed by atoms with Gasteiger partial charge in [0.2, 0.25) is 5.95 Å². The van der Waals surface area contributed by atoms with Gasteiger partial charge in [-0.3, -0.25) is 0 Å². The number of benzene rings is 1. The van der Waals surface area contributed by atoms with Crippen LogP contribution in [-0.2, 0) is 6.42 Å². The van der Waals surface area contributed by atoms with Gasteiger partial charge in [-0.25, -0.2) is 9.97 Å². The van der Waals surface area contributed by atoms with E-state index >= 15 is 0 Å². The highest BCUT2D eigenvalue weighted by molar-refractivity contribution is 5.62. The number of nitrogens with zero attached hydrogens (tertiary/aromatic N) is 4. The van der Waals surface area contributed by atoms with Gasteiger partial charge in [0.1, 0.15) is 11.8 Å². The van der Waals surface area contributed by atoms with Crippen LogP contribution in [0.25, 0.3) is 11.3 Å². The standard InChI is InChI=1S/C18H20N4/c1-2-14-6-8-15(9-7-14)17-12-16(13-19)20-18(21-17)22-10-4-3-5-11-22/h6-9,12H,2-5,10-11H2,1H3. The van der Waals surface area contributed by atoms with Gasteiger partial charge in [-0.15, -0.1) is 0 Å². The van der Waals surface area contributed by atoms with Crippen molar-refractivity contribution < 1.29 is 0 Å². The normalized spacial score (nSPS) is 14.6. The molecule has 0 bridgehead atoms. The second-order valence-corrected chi connectivity index (χ2v) is 5.65. The average Bonchev–Trinajstić information content (AvgIpc) is 2.62. The molecule has 1 aliphatic rings. The summed E-state index contributed by atoms with van der Waals surface area (Å²) in [5.41, 5.74) is 3.60. The van der Waals surface area contributed by atoms with Gasteiger partial charge >= 0.3 is 0 Å². The molecule has 22 heavy (non-hydrogen) atoms. The third kappa shape index (κ3) is 3.09. The van der Waals surface area contributed by atoms with E-state index in [-0.39, 0.29) is 0 Å². The molecule has 1 fully saturated rings. The molecular weight excluding hydrogens is 272 g/mol. The molecule has 1 aliphatic heterocycles. The molecule has 0 spiro atoms. The Morgan fingerprint density at radius 3 is 2.45 bits per heavy atom. The van der Waals surface area contributed by atoms with Crippen LogP contribution >= 0.6 is 0 Å². The maximum Gasteiger partial charge on any atom is 0.227 e. The first kappa shape index (κ1) is 14.5. The lowest BCUT2D eigenvalue weighted by molar-refractivity contribution is 0.568. The Kier molecular flexibility index (Phi) is 4.34. The highest BCUT2D eigenvalue weighted by atomic mass is 15.3. The minimum Gasteiger partial charge on any atom is -0.341 e. The van der Waals surface area contributed by atoms with Crippen molar-refractivity contribution in [1.29, 1.82) is 5.26 Å². The van der Waals surface area contributed by atoms with Crippen molar-refractivity contribution in [3.05, 3.63) is 41.6 Å². The number of aryl methyl sites for hydroxylation is 1. The molecule has 1 aromatic carbocycles. The van der Waals surface area contributed by atoms with Crippen LogP contribution in [0, 0.1) is 11.3 Å². The zero-order chi connectivity index (χ0) is 15.4. The van der Waals surface area contributed by atoms with Crippen molar-refractivity contribution in [2.45, 2.75) is 32.6 Å². The fraction of sp³-hybridized carbons (Fsp3) is 0.389. The van der Waals surface area contributed by atoms with Crippen molar-refractivity contribution in [1.82, 2.24) is 9.97 Å². The minimum absolute atomic E-state index is 0.435. The number of hydrogen-bond acceptors (Lipinski definition) is 4. The lowest BCUT2D eigenvalue weighted by Crippen LogP contribution is -2.31. The number of nitriles is 1. The maximum absolute atomic E-state index is 9.26. The van der Waals surface area contributed by atoms with Crippen molar-refractivity contribution >= 4 is 5.95 Å². The predicted molar refractivity (Wildman–Crippen MR) is 87.6 cm³/mol. The first-order valence-corrected chi connectivity index (χ1v) is 7.93. The zero-order valence-electron chi connectivity index (χ0n) is 12.9. The fourth-order valence-electron chi connectivity index (χ4n) is 2.79. The summed E-state index contributed by atoms with van der Waals surface area (Å²) in [7, 11) is 0. The zero-order valence-corrected chi connectivity index (χ0v) is 12.9. The molecule has 0 unspecified atom stereocenters. The molecule has 0 radical (unpaired) electrons. The van der Waals surface area contributed by atoms with E-state index in [4.69, 9.17) is 4.98 Å². The maximum atomic E-state index is 9.26. The molecule has 112 valence electrons. The first-order valence-electron chi connectivity index (χ1n) is 7.93. The quantitative estimate of drug-likeness (QED) is 0.868. The van der Waals surface area contributed by atoms with Crippen LogP contribution < -0.4 is 4.90 Å². The van der Waals surface area contributed by atoms with Gasteiger partial charge in [-0.2, -0.15) is 5.26 Å². The third-order valence-corrected chi connectivity index (χ3v) is 4.13. The SMILES string of the molecule is CCc1ccc(-c2cc(C#N)nc(N3CCCCC3)n2)cc1. The van der Waals surface area contributed by atoms with Crippen LogP contribution in [0.4, 0.5) is 5.95 Å². The molecular formula is C18H20N4. The molecule has 3 rings (SSSR count). The molecule has 0 atom stereocenters. The summed E-state index contributed by atoms with van der Waals surface area (Å²) in [6.45, 7) is 4.09. The number of rotatable bonds is 3. The van der Waals surface area contributed by atoms with Crippen LogP contribution in [-0.4, -0.2) is 23.1 Å². The Morgan fingerprint density at radius 1 is 1.09 bits per heavy atom. The van der Waals surface area contributed by atoms with E-state index in [9.17, 15) is 5.26 Å². The Labute approximate surface area is 131 Å². The van der Waals surface area contributed by atoms with E-state index in [1.807, 2.05) is 0 Å². The van der Waals surface area contributed by atoms with E-state index in [2.05, 4.69) is 47.1 Å². The minimum atomic E-state index is 0.435. The van der Waals surface area contributed by atoms with Gasteiger partial charge < -0.3 is 4.90 Å². The summed E-state index contributed by atoms with van der Waals surface area (Å²) in [5.74, 6) is 0.688. The second-order valence-electron chi connectivity index (χ2n) is 5.65. The van der Waals surface area contributed by atoms with E-state index in [1.165, 1.54) is 24.8 Å². The molecule has 4 nitrogen and oxygen atoms in total. The van der Waals surface area contributed by atoms with Crippen LogP contribution in [0.5, 0.6) is 0 Å². The number of anilines is 1. The van der Waals surface area contributed by atoms with Crippen molar-refractivity contribution in [3.63, 3.8) is 0 Å². The fourth-order valence-corrected chi connectivity index (χ4v) is 2.79. The van der Waals surface area contributed by atoms with E-state index in [1.54, 1.807) is 6.07 Å². The van der Waals surface area contributed by atoms with Gasteiger partial charge in [-0.1, -0.05) is 31.2 Å². The summed E-state index contributed by atoms with van der Waals surface area (Å²) in [6, 6.07) is 12.3. The van der Waals surface area contributed by atoms with Crippen molar-refractivity contribution in [3.8, 4) is 17.3 Å². The van der Waals surface area contributed by atoms with Crippen LogP contribution in [0.15, 0.2) is 30.3 Å². The lowest BCUT2D eigenvalue weighted by atomic mass is 10.1. The second kappa shape index (κ2) is 6.57. The molecule has 2 aromatic rings. The predicted octanol–water partition coefficient (Wildman–Crippen LogP) is 3.57. The summed E-state index contributed by atoms with van der Waals surface area (Å²) < 4.78 is 0. The van der Waals surface area contributed by atoms with E-state index in [0.29, 0.717) is 11.6 Å². The van der Waals surface area contributed by atoms with Gasteiger partial charge in [0.05, 0.1) is 5.69 Å². The van der Waals surface area contributed by atoms with Crippen LogP contribution in [0.1, 0.15) is 37.4 Å². The number of aromatic nitrogens is 2. The van der Waals surface area contributed by atoms with Gasteiger partial charge in [0.25, 0.3) is 0 Å². The average molecular weight is 292 g/mol. The van der Waals surface area contributed by atoms with E-state index in [0.717, 1.165) is 30.8 Å². The monoisotopic (exact) mass is 292 g/mol. The molecule has 0 N–H and O–H groups in total. The van der Waals surface area contributed by atoms with Crippen molar-refractivity contribution in [2.24, 2.45) is 0 Å². The summed E-state index contributed by atoms with van der Waals surface area (Å²) in [6.07, 6.45) is 4.62. The lowest BCUT2D eigenvalue weighted by Gasteiger charge is -2.26. The highest BCUT2D eigenvalue weighted by Crippen LogP contribution is 2.23. The van der Waals surface area contributed by atoms with Gasteiger partial charge in [-0.05, 0) is 31.2 Å². The van der Waals surface area contributed by atoms with Gasteiger partial charge in [0, 0.05) is 24.7 Å². The van der Waals surface area contributed by atoms with Gasteiger partial charge in [0.15, 0.2) is 0 Å². The third-order valence-electron chi connectivity index (χ3n) is 4.13. The highest BCUT2D eigenvalue weighted by Gasteiger charge is 2.15. The van der Waals surface area contributed by atoms with Crippen LogP contribution in [0.3, 0.4) is 0 Å². The molecule has 0 amide bonds. The Bertz CT molecular complexity index is 679. The topological polar surface area (TPSA) is 52.8 Å². The number of piperidine rings is 1. The summed E-state index contributed by atoms with van der Waals surface area (Å²) in [5, 5.41) is 9.26. The molecule has 4 heteroatoms.